The minimum absolute atomic E-state index is 0.0886. The van der Waals surface area contributed by atoms with Crippen molar-refractivity contribution in [1.82, 2.24) is 9.80 Å². The molecule has 0 saturated carbocycles. The predicted molar refractivity (Wildman–Crippen MR) is 81.9 cm³/mol. The molecule has 0 aromatic heterocycles. The van der Waals surface area contributed by atoms with Gasteiger partial charge in [0.05, 0.1) is 6.10 Å². The highest BCUT2D eigenvalue weighted by Gasteiger charge is 2.36. The molecule has 3 rings (SSSR count). The zero-order valence-corrected chi connectivity index (χ0v) is 13.0. The highest BCUT2D eigenvalue weighted by atomic mass is 16.5. The van der Waals surface area contributed by atoms with Crippen molar-refractivity contribution in [2.45, 2.75) is 50.7 Å². The van der Waals surface area contributed by atoms with E-state index in [1.54, 1.807) is 0 Å². The number of piperidine rings is 1. The van der Waals surface area contributed by atoms with Gasteiger partial charge in [-0.1, -0.05) is 6.42 Å². The highest BCUT2D eigenvalue weighted by Crippen LogP contribution is 2.25. The number of carbonyl (C=O) groups excluding carboxylic acids is 1. The molecule has 120 valence electrons. The van der Waals surface area contributed by atoms with Crippen LogP contribution in [0.3, 0.4) is 0 Å². The second-order valence-electron chi connectivity index (χ2n) is 6.86. The zero-order valence-electron chi connectivity index (χ0n) is 13.0. The van der Waals surface area contributed by atoms with Crippen LogP contribution in [0, 0.1) is 5.92 Å². The summed E-state index contributed by atoms with van der Waals surface area (Å²) in [6.45, 7) is 6.01. The van der Waals surface area contributed by atoms with Crippen LogP contribution in [0.2, 0.25) is 0 Å². The molecule has 3 saturated heterocycles. The van der Waals surface area contributed by atoms with E-state index in [1.165, 1.54) is 38.9 Å². The van der Waals surface area contributed by atoms with E-state index in [0.29, 0.717) is 12.5 Å². The molecule has 3 aliphatic heterocycles. The molecule has 1 unspecified atom stereocenters. The summed E-state index contributed by atoms with van der Waals surface area (Å²) in [5, 5.41) is 0. The topological polar surface area (TPSA) is 58.8 Å². The lowest BCUT2D eigenvalue weighted by molar-refractivity contribution is -0.141. The molecule has 5 heteroatoms. The van der Waals surface area contributed by atoms with Gasteiger partial charge in [-0.05, 0) is 51.1 Å². The second-order valence-corrected chi connectivity index (χ2v) is 6.86. The number of amides is 1. The minimum atomic E-state index is -0.229. The fourth-order valence-corrected chi connectivity index (χ4v) is 3.95. The third kappa shape index (κ3) is 3.76. The molecule has 0 aliphatic carbocycles. The molecule has 3 heterocycles. The first-order valence-electron chi connectivity index (χ1n) is 8.63. The summed E-state index contributed by atoms with van der Waals surface area (Å²) in [6, 6.07) is 0. The molecule has 3 aliphatic rings. The number of nitrogens with zero attached hydrogens (tertiary/aromatic N) is 2. The Labute approximate surface area is 127 Å². The van der Waals surface area contributed by atoms with Crippen LogP contribution in [0.15, 0.2) is 0 Å². The largest absolute Gasteiger partial charge is 0.364 e. The van der Waals surface area contributed by atoms with Crippen LogP contribution < -0.4 is 5.73 Å². The summed E-state index contributed by atoms with van der Waals surface area (Å²) in [7, 11) is 0. The first-order chi connectivity index (χ1) is 10.3. The Bertz CT molecular complexity index is 357. The molecule has 21 heavy (non-hydrogen) atoms. The van der Waals surface area contributed by atoms with Crippen molar-refractivity contribution in [2.24, 2.45) is 11.7 Å². The van der Waals surface area contributed by atoms with E-state index < -0.39 is 0 Å². The average Bonchev–Trinajstić information content (AvgIpc) is 3.16. The van der Waals surface area contributed by atoms with Crippen molar-refractivity contribution in [3.8, 4) is 0 Å². The van der Waals surface area contributed by atoms with Crippen molar-refractivity contribution in [3.63, 3.8) is 0 Å². The van der Waals surface area contributed by atoms with E-state index in [-0.39, 0.29) is 18.1 Å². The van der Waals surface area contributed by atoms with Crippen molar-refractivity contribution < 1.29 is 9.53 Å². The van der Waals surface area contributed by atoms with Crippen LogP contribution in [0.1, 0.15) is 38.5 Å². The minimum Gasteiger partial charge on any atom is -0.364 e. The Hall–Kier alpha value is -0.650. The first-order valence-corrected chi connectivity index (χ1v) is 8.63. The van der Waals surface area contributed by atoms with E-state index in [4.69, 9.17) is 10.5 Å². The fourth-order valence-electron chi connectivity index (χ4n) is 3.95. The molecule has 0 radical (unpaired) electrons. The number of rotatable bonds is 4. The van der Waals surface area contributed by atoms with Gasteiger partial charge in [0.15, 0.2) is 0 Å². The van der Waals surface area contributed by atoms with Gasteiger partial charge >= 0.3 is 0 Å². The van der Waals surface area contributed by atoms with Crippen molar-refractivity contribution in [3.05, 3.63) is 0 Å². The maximum atomic E-state index is 12.5. The third-order valence-electron chi connectivity index (χ3n) is 5.21. The van der Waals surface area contributed by atoms with Crippen LogP contribution in [0.25, 0.3) is 0 Å². The van der Waals surface area contributed by atoms with Gasteiger partial charge in [-0.15, -0.1) is 0 Å². The van der Waals surface area contributed by atoms with Gasteiger partial charge in [0, 0.05) is 26.2 Å². The van der Waals surface area contributed by atoms with Gasteiger partial charge in [-0.3, -0.25) is 4.79 Å². The molecule has 0 aromatic carbocycles. The van der Waals surface area contributed by atoms with Crippen molar-refractivity contribution >= 4 is 5.91 Å². The molecule has 5 nitrogen and oxygen atoms in total. The second kappa shape index (κ2) is 7.07. The fraction of sp³-hybridized carbons (Fsp3) is 0.938. The monoisotopic (exact) mass is 295 g/mol. The van der Waals surface area contributed by atoms with E-state index in [2.05, 4.69) is 4.90 Å². The normalized spacial score (nSPS) is 34.5. The lowest BCUT2D eigenvalue weighted by atomic mass is 10.1. The molecule has 0 spiro atoms. The summed E-state index contributed by atoms with van der Waals surface area (Å²) < 4.78 is 5.74. The third-order valence-corrected chi connectivity index (χ3v) is 5.21. The Kier molecular flexibility index (Phi) is 5.14. The summed E-state index contributed by atoms with van der Waals surface area (Å²) in [5.41, 5.74) is 5.62. The Balaban J connectivity index is 1.44. The van der Waals surface area contributed by atoms with Gasteiger partial charge < -0.3 is 20.3 Å². The first kappa shape index (κ1) is 15.3. The smallest absolute Gasteiger partial charge is 0.251 e. The lowest BCUT2D eigenvalue weighted by Gasteiger charge is -2.29. The van der Waals surface area contributed by atoms with E-state index in [9.17, 15) is 4.79 Å². The Morgan fingerprint density at radius 3 is 2.62 bits per heavy atom. The van der Waals surface area contributed by atoms with Crippen LogP contribution in [0.5, 0.6) is 0 Å². The molecule has 1 amide bonds. The molecule has 3 fully saturated rings. The van der Waals surface area contributed by atoms with Crippen molar-refractivity contribution in [2.75, 3.05) is 39.3 Å². The molecular weight excluding hydrogens is 266 g/mol. The van der Waals surface area contributed by atoms with Gasteiger partial charge in [0.25, 0.3) is 5.91 Å². The van der Waals surface area contributed by atoms with Crippen LogP contribution in [-0.4, -0.2) is 67.2 Å². The summed E-state index contributed by atoms with van der Waals surface area (Å²) in [5.74, 6) is 0.853. The molecule has 0 bridgehead atoms. The molecular formula is C16H29N3O2. The lowest BCUT2D eigenvalue weighted by Crippen LogP contribution is -2.39. The van der Waals surface area contributed by atoms with E-state index in [0.717, 1.165) is 32.4 Å². The number of likely N-dealkylation sites (tertiary alicyclic amines) is 2. The highest BCUT2D eigenvalue weighted by molar-refractivity contribution is 5.81. The van der Waals surface area contributed by atoms with Gasteiger partial charge in [0.1, 0.15) is 6.10 Å². The molecule has 3 atom stereocenters. The van der Waals surface area contributed by atoms with Gasteiger partial charge in [-0.25, -0.2) is 0 Å². The molecule has 2 N–H and O–H groups in total. The maximum Gasteiger partial charge on any atom is 0.251 e. The number of ether oxygens (including phenoxy) is 1. The van der Waals surface area contributed by atoms with Crippen LogP contribution in [-0.2, 0) is 9.53 Å². The van der Waals surface area contributed by atoms with E-state index in [1.807, 2.05) is 4.90 Å². The Morgan fingerprint density at radius 1 is 1.10 bits per heavy atom. The van der Waals surface area contributed by atoms with Crippen LogP contribution in [0.4, 0.5) is 0 Å². The summed E-state index contributed by atoms with van der Waals surface area (Å²) in [4.78, 5) is 17.1. The van der Waals surface area contributed by atoms with Crippen molar-refractivity contribution in [1.29, 1.82) is 0 Å². The number of carbonyl (C=O) groups is 1. The predicted octanol–water partition coefficient (Wildman–Crippen LogP) is 0.827. The number of hydrogen-bond donors (Lipinski definition) is 1. The van der Waals surface area contributed by atoms with Crippen LogP contribution >= 0.6 is 0 Å². The van der Waals surface area contributed by atoms with E-state index >= 15 is 0 Å². The SMILES string of the molecule is NC[C@H]1CC[C@@H](C(=O)N2CCC(CN3CCCCC3)C2)O1. The maximum absolute atomic E-state index is 12.5. The zero-order chi connectivity index (χ0) is 14.7. The summed E-state index contributed by atoms with van der Waals surface area (Å²) in [6.07, 6.45) is 6.84. The average molecular weight is 295 g/mol. The quantitative estimate of drug-likeness (QED) is 0.834. The van der Waals surface area contributed by atoms with Gasteiger partial charge in [0.2, 0.25) is 0 Å². The number of hydrogen-bond acceptors (Lipinski definition) is 4. The summed E-state index contributed by atoms with van der Waals surface area (Å²) >= 11 is 0. The Morgan fingerprint density at radius 2 is 1.90 bits per heavy atom. The van der Waals surface area contributed by atoms with Gasteiger partial charge in [-0.2, -0.15) is 0 Å². The standard InChI is InChI=1S/C16H29N3O2/c17-10-14-4-5-15(21-14)16(20)19-9-6-13(12-19)11-18-7-2-1-3-8-18/h13-15H,1-12,17H2/t13?,14-,15+/m1/s1. The molecule has 0 aromatic rings. The number of nitrogens with two attached hydrogens (primary N) is 1.